The molecule has 1 heterocycles. The Hall–Kier alpha value is -0.710. The molecule has 17 heavy (non-hydrogen) atoms. The van der Waals surface area contributed by atoms with Crippen LogP contribution in [0.5, 0.6) is 0 Å². The first-order chi connectivity index (χ1) is 7.70. The lowest BCUT2D eigenvalue weighted by Gasteiger charge is -2.40. The Bertz CT molecular complexity index is 338. The van der Waals surface area contributed by atoms with E-state index in [1.54, 1.807) is 11.8 Å². The molecule has 1 unspecified atom stereocenters. The molecular formula is C12H22N2O2S. The first-order valence-corrected chi connectivity index (χ1v) is 6.60. The number of urea groups is 1. The number of carbonyl (C=O) groups excluding carboxylic acids is 2. The van der Waals surface area contributed by atoms with Gasteiger partial charge in [-0.1, -0.05) is 6.92 Å². The number of hydrogen-bond donors (Lipinski definition) is 1. The fraction of sp³-hybridized carbons (Fsp3) is 0.833. The average molecular weight is 258 g/mol. The van der Waals surface area contributed by atoms with Gasteiger partial charge in [0.1, 0.15) is 5.54 Å². The number of nitrogens with zero attached hydrogens (tertiary/aromatic N) is 2. The second-order valence-electron chi connectivity index (χ2n) is 5.68. The Balaban J connectivity index is 3.20. The van der Waals surface area contributed by atoms with E-state index in [-0.39, 0.29) is 17.5 Å². The molecule has 0 radical (unpaired) electrons. The SMILES string of the molecule is CCCN1C(=O)N(C(C)(C)C)C(C)(CS)C1=O. The molecule has 0 saturated carbocycles. The summed E-state index contributed by atoms with van der Waals surface area (Å²) in [5.41, 5.74) is -1.21. The van der Waals surface area contributed by atoms with E-state index in [1.165, 1.54) is 4.90 Å². The summed E-state index contributed by atoms with van der Waals surface area (Å²) < 4.78 is 0. The predicted molar refractivity (Wildman–Crippen MR) is 71.3 cm³/mol. The van der Waals surface area contributed by atoms with E-state index >= 15 is 0 Å². The molecule has 5 heteroatoms. The van der Waals surface area contributed by atoms with Gasteiger partial charge in [0.15, 0.2) is 0 Å². The van der Waals surface area contributed by atoms with Crippen molar-refractivity contribution in [1.29, 1.82) is 0 Å². The lowest BCUT2D eigenvalue weighted by atomic mass is 9.96. The molecule has 0 aromatic carbocycles. The molecular weight excluding hydrogens is 236 g/mol. The Morgan fingerprint density at radius 3 is 2.12 bits per heavy atom. The molecule has 1 atom stereocenters. The molecule has 0 aromatic rings. The fourth-order valence-electron chi connectivity index (χ4n) is 2.39. The lowest BCUT2D eigenvalue weighted by Crippen LogP contribution is -2.56. The number of carbonyl (C=O) groups is 2. The van der Waals surface area contributed by atoms with E-state index < -0.39 is 5.54 Å². The first-order valence-electron chi connectivity index (χ1n) is 5.97. The normalized spacial score (nSPS) is 26.0. The van der Waals surface area contributed by atoms with E-state index in [4.69, 9.17) is 0 Å². The van der Waals surface area contributed by atoms with E-state index in [0.29, 0.717) is 12.3 Å². The van der Waals surface area contributed by atoms with Crippen LogP contribution in [0.1, 0.15) is 41.0 Å². The predicted octanol–water partition coefficient (Wildman–Crippen LogP) is 2.15. The summed E-state index contributed by atoms with van der Waals surface area (Å²) in [6.07, 6.45) is 0.776. The van der Waals surface area contributed by atoms with Crippen LogP contribution in [-0.2, 0) is 4.79 Å². The van der Waals surface area contributed by atoms with Crippen LogP contribution in [0.15, 0.2) is 0 Å². The van der Waals surface area contributed by atoms with Gasteiger partial charge >= 0.3 is 6.03 Å². The molecule has 1 saturated heterocycles. The molecule has 1 fully saturated rings. The number of rotatable bonds is 3. The zero-order valence-corrected chi connectivity index (χ0v) is 12.2. The summed E-state index contributed by atoms with van der Waals surface area (Å²) in [4.78, 5) is 27.7. The summed E-state index contributed by atoms with van der Waals surface area (Å²) in [5.74, 6) is 0.212. The summed E-state index contributed by atoms with van der Waals surface area (Å²) >= 11 is 4.26. The van der Waals surface area contributed by atoms with Crippen LogP contribution in [0.2, 0.25) is 0 Å². The quantitative estimate of drug-likeness (QED) is 0.622. The third-order valence-electron chi connectivity index (χ3n) is 3.05. The molecule has 0 bridgehead atoms. The molecule has 0 aliphatic carbocycles. The van der Waals surface area contributed by atoms with Crippen molar-refractivity contribution >= 4 is 24.6 Å². The second kappa shape index (κ2) is 4.52. The molecule has 1 aliphatic heterocycles. The zero-order chi connectivity index (χ0) is 13.4. The first kappa shape index (κ1) is 14.4. The molecule has 0 spiro atoms. The van der Waals surface area contributed by atoms with Gasteiger partial charge in [-0.3, -0.25) is 9.69 Å². The maximum atomic E-state index is 12.3. The van der Waals surface area contributed by atoms with E-state index in [9.17, 15) is 9.59 Å². The fourth-order valence-corrected chi connectivity index (χ4v) is 2.67. The van der Waals surface area contributed by atoms with Crippen molar-refractivity contribution in [2.75, 3.05) is 12.3 Å². The largest absolute Gasteiger partial charge is 0.328 e. The van der Waals surface area contributed by atoms with Crippen LogP contribution in [0.3, 0.4) is 0 Å². The Kier molecular flexibility index (Phi) is 3.81. The Morgan fingerprint density at radius 2 is 1.82 bits per heavy atom. The van der Waals surface area contributed by atoms with Crippen molar-refractivity contribution in [3.05, 3.63) is 0 Å². The molecule has 1 aliphatic rings. The van der Waals surface area contributed by atoms with Crippen LogP contribution in [0.4, 0.5) is 4.79 Å². The molecule has 3 amide bonds. The van der Waals surface area contributed by atoms with Crippen molar-refractivity contribution in [3.63, 3.8) is 0 Å². The highest BCUT2D eigenvalue weighted by Gasteiger charge is 2.56. The molecule has 0 aromatic heterocycles. The molecule has 98 valence electrons. The van der Waals surface area contributed by atoms with E-state index in [0.717, 1.165) is 6.42 Å². The van der Waals surface area contributed by atoms with E-state index in [2.05, 4.69) is 12.6 Å². The topological polar surface area (TPSA) is 40.6 Å². The van der Waals surface area contributed by atoms with Gasteiger partial charge in [-0.2, -0.15) is 12.6 Å². The summed E-state index contributed by atoms with van der Waals surface area (Å²) in [5, 5.41) is 0. The van der Waals surface area contributed by atoms with Gasteiger partial charge in [0.05, 0.1) is 0 Å². The molecule has 4 nitrogen and oxygen atoms in total. The molecule has 0 N–H and O–H groups in total. The summed E-state index contributed by atoms with van der Waals surface area (Å²) in [7, 11) is 0. The Labute approximate surface area is 109 Å². The number of hydrogen-bond acceptors (Lipinski definition) is 3. The van der Waals surface area contributed by atoms with Gasteiger partial charge in [0.25, 0.3) is 5.91 Å². The Morgan fingerprint density at radius 1 is 1.29 bits per heavy atom. The minimum atomic E-state index is -0.826. The smallest absolute Gasteiger partial charge is 0.304 e. The van der Waals surface area contributed by atoms with Gasteiger partial charge in [-0.25, -0.2) is 4.79 Å². The zero-order valence-electron chi connectivity index (χ0n) is 11.3. The summed E-state index contributed by atoms with van der Waals surface area (Å²) in [6.45, 7) is 10.0. The number of imide groups is 1. The lowest BCUT2D eigenvalue weighted by molar-refractivity contribution is -0.132. The highest BCUT2D eigenvalue weighted by atomic mass is 32.1. The van der Waals surface area contributed by atoms with Crippen molar-refractivity contribution in [2.45, 2.75) is 52.1 Å². The summed E-state index contributed by atoms with van der Waals surface area (Å²) in [6, 6.07) is -0.194. The van der Waals surface area contributed by atoms with Crippen molar-refractivity contribution in [1.82, 2.24) is 9.80 Å². The van der Waals surface area contributed by atoms with Gasteiger partial charge in [-0.15, -0.1) is 0 Å². The van der Waals surface area contributed by atoms with Crippen LogP contribution in [0, 0.1) is 0 Å². The third kappa shape index (κ3) is 2.17. The van der Waals surface area contributed by atoms with Gasteiger partial charge in [-0.05, 0) is 34.1 Å². The van der Waals surface area contributed by atoms with E-state index in [1.807, 2.05) is 27.7 Å². The van der Waals surface area contributed by atoms with Crippen LogP contribution in [-0.4, -0.2) is 45.1 Å². The van der Waals surface area contributed by atoms with Crippen molar-refractivity contribution in [3.8, 4) is 0 Å². The maximum Gasteiger partial charge on any atom is 0.328 e. The van der Waals surface area contributed by atoms with Crippen LogP contribution < -0.4 is 0 Å². The van der Waals surface area contributed by atoms with Crippen molar-refractivity contribution in [2.24, 2.45) is 0 Å². The van der Waals surface area contributed by atoms with Crippen LogP contribution in [0.25, 0.3) is 0 Å². The number of amides is 3. The van der Waals surface area contributed by atoms with Crippen molar-refractivity contribution < 1.29 is 9.59 Å². The minimum absolute atomic E-state index is 0.130. The minimum Gasteiger partial charge on any atom is -0.304 e. The van der Waals surface area contributed by atoms with Crippen LogP contribution >= 0.6 is 12.6 Å². The second-order valence-corrected chi connectivity index (χ2v) is 5.99. The van der Waals surface area contributed by atoms with Gasteiger partial charge in [0, 0.05) is 17.8 Å². The third-order valence-corrected chi connectivity index (χ3v) is 3.66. The highest BCUT2D eigenvalue weighted by Crippen LogP contribution is 2.35. The number of thiol groups is 1. The van der Waals surface area contributed by atoms with Gasteiger partial charge < -0.3 is 4.90 Å². The monoisotopic (exact) mass is 258 g/mol. The average Bonchev–Trinajstić information content (AvgIpc) is 2.39. The maximum absolute atomic E-state index is 12.3. The van der Waals surface area contributed by atoms with Gasteiger partial charge in [0.2, 0.25) is 0 Å². The standard InChI is InChI=1S/C12H22N2O2S/c1-6-7-13-9(15)12(5,8-17)14(10(13)16)11(2,3)4/h17H,6-8H2,1-5H3. The highest BCUT2D eigenvalue weighted by molar-refractivity contribution is 7.80. The molecule has 1 rings (SSSR count).